The SMILES string of the molecule is Cn1c(-c2ccco2)cc(-c2ccco2)c(N)c1=O. The van der Waals surface area contributed by atoms with E-state index in [1.807, 2.05) is 0 Å². The fraction of sp³-hybridized carbons (Fsp3) is 0.0714. The smallest absolute Gasteiger partial charge is 0.274 e. The molecule has 0 aliphatic carbocycles. The molecule has 0 fully saturated rings. The number of nitrogens with two attached hydrogens (primary N) is 1. The molecule has 3 aromatic heterocycles. The highest BCUT2D eigenvalue weighted by molar-refractivity contribution is 5.76. The van der Waals surface area contributed by atoms with Gasteiger partial charge in [-0.2, -0.15) is 0 Å². The van der Waals surface area contributed by atoms with Gasteiger partial charge in [-0.25, -0.2) is 0 Å². The maximum Gasteiger partial charge on any atom is 0.274 e. The zero-order valence-electron chi connectivity index (χ0n) is 10.3. The van der Waals surface area contributed by atoms with Gasteiger partial charge < -0.3 is 19.1 Å². The van der Waals surface area contributed by atoms with Crippen LogP contribution < -0.4 is 11.3 Å². The van der Waals surface area contributed by atoms with E-state index in [2.05, 4.69) is 0 Å². The highest BCUT2D eigenvalue weighted by Crippen LogP contribution is 2.28. The molecule has 3 heterocycles. The molecule has 3 rings (SSSR count). The summed E-state index contributed by atoms with van der Waals surface area (Å²) in [5, 5.41) is 0. The van der Waals surface area contributed by atoms with Crippen LogP contribution in [-0.4, -0.2) is 4.57 Å². The Bertz CT molecular complexity index is 691. The lowest BCUT2D eigenvalue weighted by Crippen LogP contribution is -2.22. The summed E-state index contributed by atoms with van der Waals surface area (Å²) in [5.74, 6) is 1.16. The van der Waals surface area contributed by atoms with Gasteiger partial charge in [-0.05, 0) is 30.3 Å². The van der Waals surface area contributed by atoms with Crippen LogP contribution in [0.4, 0.5) is 5.69 Å². The lowest BCUT2D eigenvalue weighted by atomic mass is 10.1. The third-order valence-electron chi connectivity index (χ3n) is 3.03. The Balaban J connectivity index is 2.31. The van der Waals surface area contributed by atoms with Crippen LogP contribution in [0.15, 0.2) is 56.5 Å². The standard InChI is InChI=1S/C14H12N2O3/c1-16-10(12-5-3-7-19-12)8-9(13(15)14(16)17)11-4-2-6-18-11/h2-8H,15H2,1H3. The van der Waals surface area contributed by atoms with Crippen LogP contribution >= 0.6 is 0 Å². The van der Waals surface area contributed by atoms with Crippen molar-refractivity contribution in [1.29, 1.82) is 0 Å². The van der Waals surface area contributed by atoms with Gasteiger partial charge in [0.15, 0.2) is 0 Å². The summed E-state index contributed by atoms with van der Waals surface area (Å²) < 4.78 is 12.1. The van der Waals surface area contributed by atoms with E-state index in [4.69, 9.17) is 14.6 Å². The number of nitrogen functional groups attached to an aromatic ring is 1. The first-order chi connectivity index (χ1) is 9.18. The van der Waals surface area contributed by atoms with Crippen LogP contribution in [0.2, 0.25) is 0 Å². The Hall–Kier alpha value is -2.69. The quantitative estimate of drug-likeness (QED) is 0.764. The molecule has 5 nitrogen and oxygen atoms in total. The first kappa shape index (κ1) is 11.4. The van der Waals surface area contributed by atoms with Crippen molar-refractivity contribution < 1.29 is 8.83 Å². The van der Waals surface area contributed by atoms with Gasteiger partial charge in [-0.1, -0.05) is 0 Å². The normalized spacial score (nSPS) is 10.8. The minimum Gasteiger partial charge on any atom is -0.464 e. The van der Waals surface area contributed by atoms with Crippen LogP contribution in [0, 0.1) is 0 Å². The topological polar surface area (TPSA) is 74.3 Å². The Labute approximate surface area is 108 Å². The van der Waals surface area contributed by atoms with Crippen molar-refractivity contribution in [2.75, 3.05) is 5.73 Å². The predicted molar refractivity (Wildman–Crippen MR) is 71.5 cm³/mol. The Morgan fingerprint density at radius 2 is 1.74 bits per heavy atom. The molecule has 19 heavy (non-hydrogen) atoms. The largest absolute Gasteiger partial charge is 0.464 e. The number of furan rings is 2. The van der Waals surface area contributed by atoms with Crippen molar-refractivity contribution in [2.45, 2.75) is 0 Å². The molecule has 0 saturated carbocycles. The number of nitrogens with zero attached hydrogens (tertiary/aromatic N) is 1. The Morgan fingerprint density at radius 3 is 2.32 bits per heavy atom. The van der Waals surface area contributed by atoms with E-state index in [1.54, 1.807) is 49.9 Å². The molecule has 0 amide bonds. The second-order valence-electron chi connectivity index (χ2n) is 4.18. The van der Waals surface area contributed by atoms with Crippen molar-refractivity contribution in [3.8, 4) is 22.8 Å². The van der Waals surface area contributed by atoms with Crippen molar-refractivity contribution in [3.05, 3.63) is 53.2 Å². The third kappa shape index (κ3) is 1.76. The fourth-order valence-electron chi connectivity index (χ4n) is 2.01. The molecule has 0 spiro atoms. The van der Waals surface area contributed by atoms with Crippen LogP contribution in [-0.2, 0) is 7.05 Å². The number of hydrogen-bond acceptors (Lipinski definition) is 4. The average Bonchev–Trinajstić information content (AvgIpc) is 3.08. The molecular weight excluding hydrogens is 244 g/mol. The fourth-order valence-corrected chi connectivity index (χ4v) is 2.01. The molecular formula is C14H12N2O3. The molecule has 0 aliphatic heterocycles. The summed E-state index contributed by atoms with van der Waals surface area (Å²) in [4.78, 5) is 12.2. The second-order valence-corrected chi connectivity index (χ2v) is 4.18. The summed E-state index contributed by atoms with van der Waals surface area (Å²) >= 11 is 0. The van der Waals surface area contributed by atoms with E-state index in [1.165, 1.54) is 4.57 Å². The van der Waals surface area contributed by atoms with Gasteiger partial charge in [0.05, 0.1) is 18.2 Å². The van der Waals surface area contributed by atoms with E-state index in [0.717, 1.165) is 0 Å². The van der Waals surface area contributed by atoms with E-state index < -0.39 is 0 Å². The summed E-state index contributed by atoms with van der Waals surface area (Å²) in [7, 11) is 1.66. The van der Waals surface area contributed by atoms with Crippen LogP contribution in [0.5, 0.6) is 0 Å². The monoisotopic (exact) mass is 256 g/mol. The van der Waals surface area contributed by atoms with E-state index in [9.17, 15) is 4.79 Å². The van der Waals surface area contributed by atoms with E-state index in [0.29, 0.717) is 22.8 Å². The lowest BCUT2D eigenvalue weighted by molar-refractivity contribution is 0.573. The van der Waals surface area contributed by atoms with Gasteiger partial charge in [-0.3, -0.25) is 4.79 Å². The van der Waals surface area contributed by atoms with Crippen molar-refractivity contribution in [1.82, 2.24) is 4.57 Å². The Kier molecular flexibility index (Phi) is 2.52. The molecule has 96 valence electrons. The number of aromatic nitrogens is 1. The molecule has 2 N–H and O–H groups in total. The average molecular weight is 256 g/mol. The minimum absolute atomic E-state index is 0.160. The first-order valence-corrected chi connectivity index (χ1v) is 5.75. The molecule has 0 aromatic carbocycles. The van der Waals surface area contributed by atoms with Crippen LogP contribution in [0.1, 0.15) is 0 Å². The molecule has 0 bridgehead atoms. The number of rotatable bonds is 2. The maximum atomic E-state index is 12.2. The molecule has 3 aromatic rings. The van der Waals surface area contributed by atoms with Gasteiger partial charge in [-0.15, -0.1) is 0 Å². The van der Waals surface area contributed by atoms with Crippen LogP contribution in [0.3, 0.4) is 0 Å². The summed E-state index contributed by atoms with van der Waals surface area (Å²) in [5.41, 5.74) is 6.97. The van der Waals surface area contributed by atoms with E-state index >= 15 is 0 Å². The number of anilines is 1. The molecule has 0 unspecified atom stereocenters. The number of hydrogen-bond donors (Lipinski definition) is 1. The molecule has 5 heteroatoms. The van der Waals surface area contributed by atoms with E-state index in [-0.39, 0.29) is 11.2 Å². The second kappa shape index (κ2) is 4.20. The minimum atomic E-state index is -0.277. The maximum absolute atomic E-state index is 12.2. The highest BCUT2D eigenvalue weighted by atomic mass is 16.3. The molecule has 0 aliphatic rings. The molecule has 0 atom stereocenters. The predicted octanol–water partition coefficient (Wildman–Crippen LogP) is 2.49. The van der Waals surface area contributed by atoms with Crippen LogP contribution in [0.25, 0.3) is 22.8 Å². The highest BCUT2D eigenvalue weighted by Gasteiger charge is 2.15. The summed E-state index contributed by atoms with van der Waals surface area (Å²) in [6.07, 6.45) is 3.10. The van der Waals surface area contributed by atoms with Gasteiger partial charge in [0.1, 0.15) is 17.2 Å². The van der Waals surface area contributed by atoms with Gasteiger partial charge in [0.25, 0.3) is 5.56 Å². The summed E-state index contributed by atoms with van der Waals surface area (Å²) in [6.45, 7) is 0. The van der Waals surface area contributed by atoms with Crippen molar-refractivity contribution in [3.63, 3.8) is 0 Å². The zero-order valence-corrected chi connectivity index (χ0v) is 10.3. The van der Waals surface area contributed by atoms with Gasteiger partial charge in [0, 0.05) is 12.6 Å². The third-order valence-corrected chi connectivity index (χ3v) is 3.03. The van der Waals surface area contributed by atoms with Crippen molar-refractivity contribution >= 4 is 5.69 Å². The number of pyridine rings is 1. The van der Waals surface area contributed by atoms with Crippen molar-refractivity contribution in [2.24, 2.45) is 7.05 Å². The Morgan fingerprint density at radius 1 is 1.11 bits per heavy atom. The summed E-state index contributed by atoms with van der Waals surface area (Å²) in [6, 6.07) is 8.85. The molecule has 0 radical (unpaired) electrons. The van der Waals surface area contributed by atoms with Gasteiger partial charge >= 0.3 is 0 Å². The lowest BCUT2D eigenvalue weighted by Gasteiger charge is -2.10. The first-order valence-electron chi connectivity index (χ1n) is 5.75. The van der Waals surface area contributed by atoms with Gasteiger partial charge in [0.2, 0.25) is 0 Å². The zero-order chi connectivity index (χ0) is 13.4. The molecule has 0 saturated heterocycles.